The average molecular weight is 241 g/mol. The number of ether oxygens (including phenoxy) is 1. The van der Waals surface area contributed by atoms with Crippen molar-refractivity contribution in [2.75, 3.05) is 0 Å². The second-order valence-electron chi connectivity index (χ2n) is 2.67. The number of carboxylic acid groups (broad SMARTS) is 1. The average Bonchev–Trinajstić information content (AvgIpc) is 2.09. The van der Waals surface area contributed by atoms with Crippen LogP contribution >= 0.6 is 23.2 Å². The van der Waals surface area contributed by atoms with E-state index >= 15 is 0 Å². The van der Waals surface area contributed by atoms with Gasteiger partial charge in [0.1, 0.15) is 5.75 Å². The van der Waals surface area contributed by atoms with Gasteiger partial charge in [-0.3, -0.25) is 0 Å². The first-order valence-electron chi connectivity index (χ1n) is 3.85. The molecule has 0 saturated carbocycles. The lowest BCUT2D eigenvalue weighted by atomic mass is 10.4. The van der Waals surface area contributed by atoms with Gasteiger partial charge in [-0.05, 0) is 25.1 Å². The number of benzene rings is 1. The maximum Gasteiger partial charge on any atom is 0.344 e. The Morgan fingerprint density at radius 1 is 1.50 bits per heavy atom. The van der Waals surface area contributed by atoms with Crippen LogP contribution in [0.2, 0.25) is 10.0 Å². The van der Waals surface area contributed by atoms with Gasteiger partial charge in [-0.1, -0.05) is 23.2 Å². The third-order valence-corrected chi connectivity index (χ3v) is 2.08. The van der Waals surface area contributed by atoms with Crippen LogP contribution in [0, 0.1) is 0 Å². The van der Waals surface area contributed by atoms with Crippen molar-refractivity contribution in [3.8, 4) is 5.75 Å². The van der Waals surface area contributed by atoms with E-state index < -0.39 is 12.1 Å². The van der Waals surface area contributed by atoms with Crippen molar-refractivity contribution >= 4 is 29.2 Å². The van der Waals surface area contributed by atoms with Gasteiger partial charge in [0, 0.05) is 5.02 Å². The fourth-order valence-electron chi connectivity index (χ4n) is 0.812. The Morgan fingerprint density at radius 2 is 2.14 bits per heavy atom. The molecule has 0 aliphatic heterocycles. The molecule has 1 aromatic rings. The summed E-state index contributed by atoms with van der Waals surface area (Å²) >= 11 is 11.4. The second kappa shape index (κ2) is 4.53. The van der Waals surface area contributed by atoms with Gasteiger partial charge in [-0.15, -0.1) is 0 Å². The van der Waals surface area contributed by atoms with E-state index in [0.29, 0.717) is 15.8 Å². The Balaban J connectivity index is 2.82. The molecule has 1 aromatic carbocycles. The maximum absolute atomic E-state index is 10.5. The van der Waals surface area contributed by atoms with Gasteiger partial charge in [0.2, 0.25) is 0 Å². The lowest BCUT2D eigenvalue weighted by Crippen LogP contribution is -2.22. The standard InChI is InChI=1S/C9H8Cl2O3/c1-5(9(12)13)14-8-3-2-6(10)4-7(8)11/h2-5H,1H3,(H,12,13)/i2+1,3+1,4+1,6+1,7+1,8+1. The molecule has 0 saturated heterocycles. The minimum absolute atomic E-state index is 0.297. The largest absolute Gasteiger partial charge is 0.479 e. The molecular formula is C9H8Cl2O3. The minimum Gasteiger partial charge on any atom is -0.479 e. The molecular weight excluding hydrogens is 233 g/mol. The topological polar surface area (TPSA) is 46.5 Å². The van der Waals surface area contributed by atoms with E-state index in [1.54, 1.807) is 6.07 Å². The Hall–Kier alpha value is -0.930. The van der Waals surface area contributed by atoms with E-state index in [1.807, 2.05) is 0 Å². The zero-order chi connectivity index (χ0) is 10.7. The van der Waals surface area contributed by atoms with E-state index in [9.17, 15) is 4.79 Å². The van der Waals surface area contributed by atoms with E-state index in [1.165, 1.54) is 19.1 Å². The molecule has 0 aliphatic rings. The maximum atomic E-state index is 10.5. The fourth-order valence-corrected chi connectivity index (χ4v) is 1.26. The molecule has 5 heteroatoms. The molecule has 1 unspecified atom stereocenters. The number of carbonyl (C=O) groups is 1. The SMILES string of the molecule is CC(O[13c]1[13cH][13cH][13c](Cl)[13cH][13c]1Cl)C(=O)O. The predicted octanol–water partition coefficient (Wildman–Crippen LogP) is 2.85. The number of halogens is 2. The molecule has 0 fully saturated rings. The van der Waals surface area contributed by atoms with Gasteiger partial charge in [-0.25, -0.2) is 4.79 Å². The van der Waals surface area contributed by atoms with Gasteiger partial charge in [0.05, 0.1) is 5.02 Å². The molecule has 3 nitrogen and oxygen atoms in total. The number of carboxylic acids is 1. The molecule has 1 N–H and O–H groups in total. The second-order valence-corrected chi connectivity index (χ2v) is 3.52. The molecule has 0 bridgehead atoms. The van der Waals surface area contributed by atoms with Crippen LogP contribution in [-0.2, 0) is 4.79 Å². The Kier molecular flexibility index (Phi) is 3.61. The summed E-state index contributed by atoms with van der Waals surface area (Å²) in [6.45, 7) is 1.42. The molecule has 76 valence electrons. The van der Waals surface area contributed by atoms with Crippen LogP contribution in [0.3, 0.4) is 0 Å². The predicted molar refractivity (Wildman–Crippen MR) is 54.2 cm³/mol. The van der Waals surface area contributed by atoms with Crippen LogP contribution < -0.4 is 4.74 Å². The Labute approximate surface area is 91.2 Å². The Morgan fingerprint density at radius 3 is 2.64 bits per heavy atom. The lowest BCUT2D eigenvalue weighted by molar-refractivity contribution is -0.144. The highest BCUT2D eigenvalue weighted by Crippen LogP contribution is 2.28. The number of rotatable bonds is 3. The highest BCUT2D eigenvalue weighted by Gasteiger charge is 2.14. The minimum atomic E-state index is -1.05. The lowest BCUT2D eigenvalue weighted by Gasteiger charge is -2.11. The molecule has 0 aliphatic carbocycles. The summed E-state index contributed by atoms with van der Waals surface area (Å²) in [6, 6.07) is 4.61. The molecule has 0 aromatic heterocycles. The zero-order valence-corrected chi connectivity index (χ0v) is 8.84. The van der Waals surface area contributed by atoms with Crippen molar-refractivity contribution in [1.82, 2.24) is 0 Å². The summed E-state index contributed by atoms with van der Waals surface area (Å²) in [5.41, 5.74) is 0. The van der Waals surface area contributed by atoms with Gasteiger partial charge < -0.3 is 9.84 Å². The highest BCUT2D eigenvalue weighted by atomic mass is 35.5. The van der Waals surface area contributed by atoms with Crippen LogP contribution in [0.1, 0.15) is 6.92 Å². The number of hydrogen-bond acceptors (Lipinski definition) is 2. The molecule has 0 spiro atoms. The van der Waals surface area contributed by atoms with Crippen LogP contribution in [0.25, 0.3) is 0 Å². The van der Waals surface area contributed by atoms with Gasteiger partial charge in [-0.2, -0.15) is 0 Å². The van der Waals surface area contributed by atoms with Gasteiger partial charge >= 0.3 is 5.97 Å². The van der Waals surface area contributed by atoms with Gasteiger partial charge in [0.25, 0.3) is 0 Å². The van der Waals surface area contributed by atoms with Crippen LogP contribution in [0.4, 0.5) is 0 Å². The highest BCUT2D eigenvalue weighted by molar-refractivity contribution is 6.35. The van der Waals surface area contributed by atoms with E-state index in [0.717, 1.165) is 0 Å². The summed E-state index contributed by atoms with van der Waals surface area (Å²) in [5.74, 6) is -0.734. The molecule has 14 heavy (non-hydrogen) atoms. The summed E-state index contributed by atoms with van der Waals surface area (Å²) in [5, 5.41) is 9.37. The number of hydrogen-bond donors (Lipinski definition) is 1. The zero-order valence-electron chi connectivity index (χ0n) is 7.33. The third-order valence-electron chi connectivity index (χ3n) is 1.55. The fraction of sp³-hybridized carbons (Fsp3) is 0.222. The first-order chi connectivity index (χ1) is 6.50. The molecule has 1 atom stereocenters. The first-order valence-corrected chi connectivity index (χ1v) is 4.61. The molecule has 0 amide bonds. The van der Waals surface area contributed by atoms with Crippen molar-refractivity contribution in [3.05, 3.63) is 28.2 Å². The van der Waals surface area contributed by atoms with E-state index in [4.69, 9.17) is 33.0 Å². The number of aliphatic carboxylic acids is 1. The summed E-state index contributed by atoms with van der Waals surface area (Å²) in [6.07, 6.45) is -0.936. The summed E-state index contributed by atoms with van der Waals surface area (Å²) in [7, 11) is 0. The summed E-state index contributed by atoms with van der Waals surface area (Å²) < 4.78 is 5.07. The monoisotopic (exact) mass is 240 g/mol. The van der Waals surface area contributed by atoms with Crippen molar-refractivity contribution in [3.63, 3.8) is 0 Å². The Bertz CT molecular complexity index is 352. The molecule has 0 radical (unpaired) electrons. The van der Waals surface area contributed by atoms with Crippen molar-refractivity contribution in [1.29, 1.82) is 0 Å². The van der Waals surface area contributed by atoms with Crippen LogP contribution in [0.5, 0.6) is 5.75 Å². The third kappa shape index (κ3) is 2.79. The first kappa shape index (κ1) is 11.1. The normalized spacial score (nSPS) is 12.2. The van der Waals surface area contributed by atoms with Crippen molar-refractivity contribution in [2.24, 2.45) is 0 Å². The van der Waals surface area contributed by atoms with Gasteiger partial charge in [0.15, 0.2) is 6.10 Å². The van der Waals surface area contributed by atoms with Crippen LogP contribution in [0.15, 0.2) is 18.2 Å². The molecule has 0 heterocycles. The smallest absolute Gasteiger partial charge is 0.344 e. The van der Waals surface area contributed by atoms with E-state index in [2.05, 4.69) is 0 Å². The van der Waals surface area contributed by atoms with Crippen molar-refractivity contribution < 1.29 is 14.6 Å². The quantitative estimate of drug-likeness (QED) is 0.884. The summed E-state index contributed by atoms with van der Waals surface area (Å²) in [4.78, 5) is 10.5. The molecule has 1 rings (SSSR count). The van der Waals surface area contributed by atoms with E-state index in [-0.39, 0.29) is 0 Å². The van der Waals surface area contributed by atoms with Crippen LogP contribution in [-0.4, -0.2) is 17.2 Å². The van der Waals surface area contributed by atoms with Crippen molar-refractivity contribution in [2.45, 2.75) is 13.0 Å².